The maximum atomic E-state index is 13.3. The Hall–Kier alpha value is -1.87. The molecule has 0 spiro atoms. The van der Waals surface area contributed by atoms with Gasteiger partial charge in [0, 0.05) is 17.7 Å². The van der Waals surface area contributed by atoms with Crippen LogP contribution in [0.25, 0.3) is 0 Å². The molecule has 0 bridgehead atoms. The molecular weight excluding hydrogens is 253 g/mol. The molecule has 0 saturated carbocycles. The van der Waals surface area contributed by atoms with Crippen molar-refractivity contribution in [2.75, 3.05) is 0 Å². The van der Waals surface area contributed by atoms with Crippen LogP contribution >= 0.6 is 0 Å². The fourth-order valence-corrected chi connectivity index (χ4v) is 2.04. The molecule has 0 fully saturated rings. The summed E-state index contributed by atoms with van der Waals surface area (Å²) in [6.07, 6.45) is 1.01. The largest absolute Gasteiger partial charge is 0.488 e. The smallest absolute Gasteiger partial charge is 0.127 e. The third-order valence-corrected chi connectivity index (χ3v) is 3.29. The molecule has 2 rings (SSSR count). The number of ether oxygens (including phenoxy) is 1. The molecule has 2 aromatic rings. The number of hydrogen-bond acceptors (Lipinski definition) is 2. The molecule has 0 aliphatic heterocycles. The van der Waals surface area contributed by atoms with Crippen LogP contribution in [0.4, 0.5) is 4.39 Å². The van der Waals surface area contributed by atoms with Crippen LogP contribution in [0.3, 0.4) is 0 Å². The molecule has 1 atom stereocenters. The number of halogens is 1. The van der Waals surface area contributed by atoms with Gasteiger partial charge in [-0.25, -0.2) is 4.39 Å². The Balaban J connectivity index is 2.11. The first-order valence-corrected chi connectivity index (χ1v) is 6.85. The highest BCUT2D eigenvalue weighted by molar-refractivity contribution is 5.36. The zero-order valence-electron chi connectivity index (χ0n) is 11.9. The summed E-state index contributed by atoms with van der Waals surface area (Å²) in [7, 11) is 0. The van der Waals surface area contributed by atoms with Crippen LogP contribution < -0.4 is 10.5 Å². The van der Waals surface area contributed by atoms with Crippen molar-refractivity contribution in [3.63, 3.8) is 0 Å². The molecule has 0 radical (unpaired) electrons. The molecule has 106 valence electrons. The zero-order valence-corrected chi connectivity index (χ0v) is 11.9. The van der Waals surface area contributed by atoms with Gasteiger partial charge in [0.1, 0.15) is 18.2 Å². The van der Waals surface area contributed by atoms with Crippen LogP contribution in [0.2, 0.25) is 0 Å². The first kappa shape index (κ1) is 14.5. The van der Waals surface area contributed by atoms with Gasteiger partial charge in [-0.05, 0) is 30.5 Å². The molecule has 2 N–H and O–H groups in total. The summed E-state index contributed by atoms with van der Waals surface area (Å²) in [5.41, 5.74) is 9.03. The van der Waals surface area contributed by atoms with Gasteiger partial charge in [-0.3, -0.25) is 0 Å². The predicted molar refractivity (Wildman–Crippen MR) is 79.2 cm³/mol. The van der Waals surface area contributed by atoms with Crippen molar-refractivity contribution in [1.82, 2.24) is 0 Å². The van der Waals surface area contributed by atoms with Crippen molar-refractivity contribution < 1.29 is 9.13 Å². The lowest BCUT2D eigenvalue weighted by Crippen LogP contribution is -2.08. The molecular formula is C17H20FNO. The Labute approximate surface area is 119 Å². The number of nitrogens with two attached hydrogens (primary N) is 1. The molecule has 2 nitrogen and oxygen atoms in total. The lowest BCUT2D eigenvalue weighted by Gasteiger charge is -2.14. The van der Waals surface area contributed by atoms with Gasteiger partial charge < -0.3 is 10.5 Å². The van der Waals surface area contributed by atoms with Crippen LogP contribution in [-0.2, 0) is 13.0 Å². The minimum Gasteiger partial charge on any atom is -0.488 e. The summed E-state index contributed by atoms with van der Waals surface area (Å²) in [5, 5.41) is 0. The van der Waals surface area contributed by atoms with Crippen LogP contribution in [-0.4, -0.2) is 0 Å². The lowest BCUT2D eigenvalue weighted by atomic mass is 10.1. The molecule has 2 aromatic carbocycles. The molecule has 3 heteroatoms. The van der Waals surface area contributed by atoms with E-state index in [4.69, 9.17) is 10.5 Å². The maximum absolute atomic E-state index is 13.3. The number of aryl methyl sites for hydroxylation is 1. The summed E-state index contributed by atoms with van der Waals surface area (Å²) >= 11 is 0. The maximum Gasteiger partial charge on any atom is 0.127 e. The van der Waals surface area contributed by atoms with E-state index in [0.29, 0.717) is 12.4 Å². The van der Waals surface area contributed by atoms with Gasteiger partial charge >= 0.3 is 0 Å². The van der Waals surface area contributed by atoms with Gasteiger partial charge in [-0.15, -0.1) is 0 Å². The van der Waals surface area contributed by atoms with E-state index in [1.807, 2.05) is 19.1 Å². The van der Waals surface area contributed by atoms with Gasteiger partial charge in [0.25, 0.3) is 0 Å². The van der Waals surface area contributed by atoms with Crippen LogP contribution in [0.5, 0.6) is 5.75 Å². The first-order valence-electron chi connectivity index (χ1n) is 6.85. The summed E-state index contributed by atoms with van der Waals surface area (Å²) in [6, 6.07) is 12.5. The second-order valence-corrected chi connectivity index (χ2v) is 4.93. The van der Waals surface area contributed by atoms with E-state index < -0.39 is 0 Å². The minimum absolute atomic E-state index is 0.187. The zero-order chi connectivity index (χ0) is 14.5. The minimum atomic E-state index is -0.314. The van der Waals surface area contributed by atoms with Crippen LogP contribution in [0.1, 0.15) is 36.6 Å². The normalized spacial score (nSPS) is 12.2. The summed E-state index contributed by atoms with van der Waals surface area (Å²) in [5.74, 6) is 0.199. The molecule has 0 heterocycles. The van der Waals surface area contributed by atoms with Gasteiger partial charge in [0.05, 0.1) is 0 Å². The Morgan fingerprint density at radius 2 is 1.75 bits per heavy atom. The quantitative estimate of drug-likeness (QED) is 0.894. The van der Waals surface area contributed by atoms with Crippen molar-refractivity contribution in [3.05, 3.63) is 65.0 Å². The highest BCUT2D eigenvalue weighted by atomic mass is 19.1. The molecule has 20 heavy (non-hydrogen) atoms. The molecule has 0 aromatic heterocycles. The second-order valence-electron chi connectivity index (χ2n) is 4.93. The predicted octanol–water partition coefficient (Wildman–Crippen LogP) is 3.99. The monoisotopic (exact) mass is 273 g/mol. The highest BCUT2D eigenvalue weighted by Crippen LogP contribution is 2.25. The summed E-state index contributed by atoms with van der Waals surface area (Å²) < 4.78 is 19.0. The lowest BCUT2D eigenvalue weighted by molar-refractivity contribution is 0.300. The highest BCUT2D eigenvalue weighted by Gasteiger charge is 2.09. The Morgan fingerprint density at radius 3 is 2.35 bits per heavy atom. The van der Waals surface area contributed by atoms with Gasteiger partial charge in [-0.1, -0.05) is 37.3 Å². The third kappa shape index (κ3) is 3.58. The van der Waals surface area contributed by atoms with Crippen LogP contribution in [0, 0.1) is 5.82 Å². The average Bonchev–Trinajstić information content (AvgIpc) is 2.45. The van der Waals surface area contributed by atoms with E-state index >= 15 is 0 Å². The SMILES string of the molecule is CCc1ccc(COc2cc(F)ccc2[C@H](C)N)cc1. The number of hydrogen-bond donors (Lipinski definition) is 1. The summed E-state index contributed by atoms with van der Waals surface area (Å²) in [6.45, 7) is 4.39. The fraction of sp³-hybridized carbons (Fsp3) is 0.294. The topological polar surface area (TPSA) is 35.2 Å². The van der Waals surface area contributed by atoms with Crippen molar-refractivity contribution in [2.24, 2.45) is 5.73 Å². The van der Waals surface area contributed by atoms with Crippen molar-refractivity contribution in [3.8, 4) is 5.75 Å². The van der Waals surface area contributed by atoms with E-state index in [0.717, 1.165) is 17.5 Å². The van der Waals surface area contributed by atoms with E-state index in [2.05, 4.69) is 19.1 Å². The molecule has 0 aliphatic rings. The Morgan fingerprint density at radius 1 is 1.10 bits per heavy atom. The standard InChI is InChI=1S/C17H20FNO/c1-3-13-4-6-14(7-5-13)11-20-17-10-15(18)8-9-16(17)12(2)19/h4-10,12H,3,11,19H2,1-2H3/t12-/m0/s1. The van der Waals surface area contributed by atoms with Crippen molar-refractivity contribution in [1.29, 1.82) is 0 Å². The molecule has 0 unspecified atom stereocenters. The van der Waals surface area contributed by atoms with Gasteiger partial charge in [-0.2, -0.15) is 0 Å². The van der Waals surface area contributed by atoms with Gasteiger partial charge in [0.15, 0.2) is 0 Å². The number of benzene rings is 2. The van der Waals surface area contributed by atoms with Gasteiger partial charge in [0.2, 0.25) is 0 Å². The Bertz CT molecular complexity index is 564. The Kier molecular flexibility index (Phi) is 4.74. The third-order valence-electron chi connectivity index (χ3n) is 3.29. The average molecular weight is 273 g/mol. The van der Waals surface area contributed by atoms with Crippen molar-refractivity contribution >= 4 is 0 Å². The number of rotatable bonds is 5. The van der Waals surface area contributed by atoms with E-state index in [1.54, 1.807) is 6.07 Å². The molecule has 0 aliphatic carbocycles. The molecule has 0 amide bonds. The summed E-state index contributed by atoms with van der Waals surface area (Å²) in [4.78, 5) is 0. The van der Waals surface area contributed by atoms with Crippen molar-refractivity contribution in [2.45, 2.75) is 32.9 Å². The fourth-order valence-electron chi connectivity index (χ4n) is 2.04. The van der Waals surface area contributed by atoms with E-state index in [-0.39, 0.29) is 11.9 Å². The van der Waals surface area contributed by atoms with E-state index in [1.165, 1.54) is 17.7 Å². The molecule has 0 saturated heterocycles. The van der Waals surface area contributed by atoms with Crippen LogP contribution in [0.15, 0.2) is 42.5 Å². The second kappa shape index (κ2) is 6.53. The first-order chi connectivity index (χ1) is 9.60. The van der Waals surface area contributed by atoms with E-state index in [9.17, 15) is 4.39 Å².